The Morgan fingerprint density at radius 3 is 2.40 bits per heavy atom. The predicted octanol–water partition coefficient (Wildman–Crippen LogP) is 0.283. The van der Waals surface area contributed by atoms with Crippen LogP contribution in [0.5, 0.6) is 0 Å². The highest BCUT2D eigenvalue weighted by atomic mass is 16.2. The molecule has 2 N–H and O–H groups in total. The second-order valence-electron chi connectivity index (χ2n) is 2.32. The Kier molecular flexibility index (Phi) is 4.94. The van der Waals surface area contributed by atoms with E-state index < -0.39 is 0 Å². The highest BCUT2D eigenvalue weighted by Gasteiger charge is 2.14. The standard InChI is InChI=1S/C5H9NO.C2H6O/c1-4-2-3-5(7)6-4;1-2-3/h4H,2-3H2,1H3,(H,6,7);3H,2H2,1H3. The number of carbonyl (C=O) groups is 1. The van der Waals surface area contributed by atoms with Gasteiger partial charge in [-0.05, 0) is 20.3 Å². The van der Waals surface area contributed by atoms with Crippen molar-refractivity contribution in [3.8, 4) is 0 Å². The van der Waals surface area contributed by atoms with Gasteiger partial charge in [0.1, 0.15) is 0 Å². The zero-order valence-corrected chi connectivity index (χ0v) is 6.55. The number of hydrogen-bond donors (Lipinski definition) is 2. The smallest absolute Gasteiger partial charge is 0.220 e. The van der Waals surface area contributed by atoms with E-state index in [1.54, 1.807) is 6.92 Å². The largest absolute Gasteiger partial charge is 0.397 e. The van der Waals surface area contributed by atoms with Crippen LogP contribution < -0.4 is 5.32 Å². The molecule has 0 radical (unpaired) electrons. The van der Waals surface area contributed by atoms with Crippen LogP contribution >= 0.6 is 0 Å². The third-order valence-electron chi connectivity index (χ3n) is 1.21. The maximum Gasteiger partial charge on any atom is 0.220 e. The van der Waals surface area contributed by atoms with Crippen molar-refractivity contribution in [2.45, 2.75) is 32.7 Å². The fourth-order valence-corrected chi connectivity index (χ4v) is 0.767. The summed E-state index contributed by atoms with van der Waals surface area (Å²) in [6.45, 7) is 3.95. The van der Waals surface area contributed by atoms with Crippen LogP contribution in [0.15, 0.2) is 0 Å². The van der Waals surface area contributed by atoms with Gasteiger partial charge in [0, 0.05) is 19.1 Å². The quantitative estimate of drug-likeness (QED) is 0.514. The Bertz CT molecular complexity index is 104. The summed E-state index contributed by atoms with van der Waals surface area (Å²) in [5.41, 5.74) is 0. The van der Waals surface area contributed by atoms with Gasteiger partial charge in [-0.1, -0.05) is 0 Å². The number of aliphatic hydroxyl groups is 1. The van der Waals surface area contributed by atoms with E-state index in [0.29, 0.717) is 6.04 Å². The lowest BCUT2D eigenvalue weighted by molar-refractivity contribution is -0.119. The van der Waals surface area contributed by atoms with Crippen LogP contribution in [0.1, 0.15) is 26.7 Å². The van der Waals surface area contributed by atoms with E-state index in [1.807, 2.05) is 6.92 Å². The lowest BCUT2D eigenvalue weighted by Crippen LogP contribution is -2.21. The van der Waals surface area contributed by atoms with Crippen molar-refractivity contribution < 1.29 is 9.90 Å². The minimum Gasteiger partial charge on any atom is -0.397 e. The van der Waals surface area contributed by atoms with Crippen LogP contribution in [0.2, 0.25) is 0 Å². The second-order valence-corrected chi connectivity index (χ2v) is 2.32. The van der Waals surface area contributed by atoms with E-state index >= 15 is 0 Å². The molecule has 3 heteroatoms. The van der Waals surface area contributed by atoms with E-state index in [0.717, 1.165) is 12.8 Å². The molecule has 1 aliphatic heterocycles. The lowest BCUT2D eigenvalue weighted by Gasteiger charge is -1.95. The van der Waals surface area contributed by atoms with Gasteiger partial charge in [-0.25, -0.2) is 0 Å². The molecule has 1 aliphatic rings. The molecule has 0 aliphatic carbocycles. The van der Waals surface area contributed by atoms with Gasteiger partial charge < -0.3 is 10.4 Å². The highest BCUT2D eigenvalue weighted by molar-refractivity contribution is 5.78. The fraction of sp³-hybridized carbons (Fsp3) is 0.857. The molecule has 1 fully saturated rings. The molecule has 0 aromatic carbocycles. The first-order valence-electron chi connectivity index (χ1n) is 3.61. The molecule has 1 amide bonds. The SMILES string of the molecule is CC1CCC(=O)N1.CCO. The first-order chi connectivity index (χ1) is 4.70. The maximum atomic E-state index is 10.3. The molecule has 0 spiro atoms. The van der Waals surface area contributed by atoms with Crippen LogP contribution in [-0.4, -0.2) is 23.7 Å². The van der Waals surface area contributed by atoms with Gasteiger partial charge in [0.05, 0.1) is 0 Å². The molecular weight excluding hydrogens is 130 g/mol. The molecule has 0 aromatic rings. The molecule has 3 nitrogen and oxygen atoms in total. The highest BCUT2D eigenvalue weighted by Crippen LogP contribution is 2.03. The first-order valence-corrected chi connectivity index (χ1v) is 3.61. The molecule has 0 aromatic heterocycles. The third kappa shape index (κ3) is 4.32. The van der Waals surface area contributed by atoms with Gasteiger partial charge in [0.15, 0.2) is 0 Å². The molecule has 1 unspecified atom stereocenters. The summed E-state index contributed by atoms with van der Waals surface area (Å²) < 4.78 is 0. The van der Waals surface area contributed by atoms with Crippen molar-refractivity contribution in [2.75, 3.05) is 6.61 Å². The summed E-state index contributed by atoms with van der Waals surface area (Å²) in [4.78, 5) is 10.3. The van der Waals surface area contributed by atoms with Crippen molar-refractivity contribution in [2.24, 2.45) is 0 Å². The second kappa shape index (κ2) is 5.23. The van der Waals surface area contributed by atoms with Crippen molar-refractivity contribution in [3.05, 3.63) is 0 Å². The van der Waals surface area contributed by atoms with E-state index in [2.05, 4.69) is 5.32 Å². The number of hydrogen-bond acceptors (Lipinski definition) is 2. The lowest BCUT2D eigenvalue weighted by atomic mass is 10.3. The van der Waals surface area contributed by atoms with Gasteiger partial charge in [0.25, 0.3) is 0 Å². The number of amides is 1. The molecule has 1 heterocycles. The average Bonchev–Trinajstić information content (AvgIpc) is 2.17. The van der Waals surface area contributed by atoms with E-state index in [1.165, 1.54) is 0 Å². The number of aliphatic hydroxyl groups excluding tert-OH is 1. The number of rotatable bonds is 0. The summed E-state index contributed by atoms with van der Waals surface area (Å²) in [5, 5.41) is 10.3. The van der Waals surface area contributed by atoms with Crippen molar-refractivity contribution in [1.82, 2.24) is 5.32 Å². The minimum atomic E-state index is 0.201. The molecule has 0 bridgehead atoms. The Morgan fingerprint density at radius 1 is 1.80 bits per heavy atom. The molecule has 0 saturated carbocycles. The predicted molar refractivity (Wildman–Crippen MR) is 39.6 cm³/mol. The molecular formula is C7H15NO2. The normalized spacial score (nSPS) is 23.1. The van der Waals surface area contributed by atoms with E-state index in [9.17, 15) is 4.79 Å². The van der Waals surface area contributed by atoms with Gasteiger partial charge >= 0.3 is 0 Å². The van der Waals surface area contributed by atoms with Crippen LogP contribution in [0.3, 0.4) is 0 Å². The fourth-order valence-electron chi connectivity index (χ4n) is 0.767. The van der Waals surface area contributed by atoms with Gasteiger partial charge in [-0.2, -0.15) is 0 Å². The van der Waals surface area contributed by atoms with Crippen molar-refractivity contribution >= 4 is 5.91 Å². The Balaban J connectivity index is 0.000000236. The van der Waals surface area contributed by atoms with Crippen LogP contribution in [0.25, 0.3) is 0 Å². The first kappa shape index (κ1) is 9.43. The molecule has 60 valence electrons. The topological polar surface area (TPSA) is 49.3 Å². The summed E-state index contributed by atoms with van der Waals surface area (Å²) in [5.74, 6) is 0.201. The third-order valence-corrected chi connectivity index (χ3v) is 1.21. The number of nitrogens with one attached hydrogen (secondary N) is 1. The molecule has 10 heavy (non-hydrogen) atoms. The monoisotopic (exact) mass is 145 g/mol. The van der Waals surface area contributed by atoms with Gasteiger partial charge in [0.2, 0.25) is 5.91 Å². The average molecular weight is 145 g/mol. The van der Waals surface area contributed by atoms with E-state index in [-0.39, 0.29) is 12.5 Å². The molecule has 1 saturated heterocycles. The Morgan fingerprint density at radius 2 is 2.30 bits per heavy atom. The van der Waals surface area contributed by atoms with E-state index in [4.69, 9.17) is 5.11 Å². The van der Waals surface area contributed by atoms with Crippen molar-refractivity contribution in [1.29, 1.82) is 0 Å². The summed E-state index contributed by atoms with van der Waals surface area (Å²) in [7, 11) is 0. The van der Waals surface area contributed by atoms with Gasteiger partial charge in [-0.3, -0.25) is 4.79 Å². The van der Waals surface area contributed by atoms with Crippen molar-refractivity contribution in [3.63, 3.8) is 0 Å². The molecule has 1 rings (SSSR count). The molecule has 1 atom stereocenters. The van der Waals surface area contributed by atoms with Crippen LogP contribution in [0, 0.1) is 0 Å². The minimum absolute atomic E-state index is 0.201. The van der Waals surface area contributed by atoms with Crippen LogP contribution in [0.4, 0.5) is 0 Å². The Labute approximate surface area is 61.4 Å². The zero-order chi connectivity index (χ0) is 7.98. The van der Waals surface area contributed by atoms with Crippen LogP contribution in [-0.2, 0) is 4.79 Å². The maximum absolute atomic E-state index is 10.3. The zero-order valence-electron chi connectivity index (χ0n) is 6.55. The summed E-state index contributed by atoms with van der Waals surface area (Å²) in [6, 6.07) is 0.424. The Hall–Kier alpha value is -0.570. The summed E-state index contributed by atoms with van der Waals surface area (Å²) in [6.07, 6.45) is 1.74. The summed E-state index contributed by atoms with van der Waals surface area (Å²) >= 11 is 0. The van der Waals surface area contributed by atoms with Gasteiger partial charge in [-0.15, -0.1) is 0 Å². The number of carbonyl (C=O) groups excluding carboxylic acids is 1.